The fourth-order valence-electron chi connectivity index (χ4n) is 3.04. The van der Waals surface area contributed by atoms with Crippen LogP contribution in [0.4, 0.5) is 0 Å². The summed E-state index contributed by atoms with van der Waals surface area (Å²) in [5.41, 5.74) is 0.980. The van der Waals surface area contributed by atoms with Crippen LogP contribution in [0.5, 0.6) is 5.75 Å². The normalized spacial score (nSPS) is 23.0. The summed E-state index contributed by atoms with van der Waals surface area (Å²) in [6, 6.07) is 7.89. The Balaban J connectivity index is 1.59. The third-order valence-corrected chi connectivity index (χ3v) is 4.47. The van der Waals surface area contributed by atoms with Crippen LogP contribution in [0, 0.1) is 0 Å². The molecule has 23 heavy (non-hydrogen) atoms. The number of morpholine rings is 1. The van der Waals surface area contributed by atoms with E-state index in [1.165, 1.54) is 0 Å². The molecule has 2 aromatic rings. The molecule has 1 fully saturated rings. The molecule has 5 heteroatoms. The van der Waals surface area contributed by atoms with Crippen molar-refractivity contribution in [3.05, 3.63) is 30.5 Å². The number of rotatable bonds is 5. The zero-order chi connectivity index (χ0) is 16.4. The quantitative estimate of drug-likeness (QED) is 0.889. The maximum Gasteiger partial charge on any atom is 0.128 e. The van der Waals surface area contributed by atoms with Crippen LogP contribution in [0.1, 0.15) is 20.8 Å². The Morgan fingerprint density at radius 3 is 3.09 bits per heavy atom. The van der Waals surface area contributed by atoms with Gasteiger partial charge < -0.3 is 19.6 Å². The van der Waals surface area contributed by atoms with E-state index < -0.39 is 6.10 Å². The molecule has 1 saturated heterocycles. The van der Waals surface area contributed by atoms with Crippen molar-refractivity contribution >= 4 is 10.9 Å². The van der Waals surface area contributed by atoms with Gasteiger partial charge in [0, 0.05) is 35.7 Å². The Bertz CT molecular complexity index is 653. The number of aliphatic hydroxyl groups excluding tert-OH is 1. The summed E-state index contributed by atoms with van der Waals surface area (Å²) in [5, 5.41) is 11.4. The zero-order valence-electron chi connectivity index (χ0n) is 14.1. The molecule has 5 nitrogen and oxygen atoms in total. The smallest absolute Gasteiger partial charge is 0.128 e. The molecule has 2 atom stereocenters. The minimum absolute atomic E-state index is 0.0614. The molecule has 1 aromatic heterocycles. The largest absolute Gasteiger partial charge is 0.490 e. The third kappa shape index (κ3) is 3.68. The molecule has 0 aliphatic carbocycles. The number of nitrogens with one attached hydrogen (secondary N) is 1. The van der Waals surface area contributed by atoms with Crippen LogP contribution in [0.15, 0.2) is 30.5 Å². The topological polar surface area (TPSA) is 57.7 Å². The Hall–Kier alpha value is -1.56. The van der Waals surface area contributed by atoms with Crippen molar-refractivity contribution in [1.29, 1.82) is 0 Å². The first-order valence-corrected chi connectivity index (χ1v) is 8.19. The van der Waals surface area contributed by atoms with Gasteiger partial charge in [0.2, 0.25) is 0 Å². The number of aromatic nitrogens is 1. The van der Waals surface area contributed by atoms with Gasteiger partial charge in [-0.05, 0) is 39.0 Å². The lowest BCUT2D eigenvalue weighted by Gasteiger charge is -2.45. The second-order valence-corrected chi connectivity index (χ2v) is 7.00. The monoisotopic (exact) mass is 318 g/mol. The van der Waals surface area contributed by atoms with E-state index in [1.807, 2.05) is 30.5 Å². The summed E-state index contributed by atoms with van der Waals surface area (Å²) in [7, 11) is 0. The van der Waals surface area contributed by atoms with E-state index in [-0.39, 0.29) is 18.2 Å². The first kappa shape index (κ1) is 16.3. The van der Waals surface area contributed by atoms with Crippen molar-refractivity contribution in [3.63, 3.8) is 0 Å². The zero-order valence-corrected chi connectivity index (χ0v) is 14.1. The van der Waals surface area contributed by atoms with Crippen molar-refractivity contribution < 1.29 is 14.6 Å². The predicted octanol–water partition coefficient (Wildman–Crippen LogP) is 2.41. The highest BCUT2D eigenvalue weighted by Gasteiger charge is 2.34. The van der Waals surface area contributed by atoms with E-state index in [4.69, 9.17) is 9.47 Å². The van der Waals surface area contributed by atoms with Crippen LogP contribution in [-0.4, -0.2) is 59.0 Å². The fraction of sp³-hybridized carbons (Fsp3) is 0.556. The lowest BCUT2D eigenvalue weighted by Crippen LogP contribution is -2.57. The molecule has 126 valence electrons. The van der Waals surface area contributed by atoms with E-state index in [0.717, 1.165) is 23.2 Å². The number of hydrogen-bond acceptors (Lipinski definition) is 4. The molecule has 0 radical (unpaired) electrons. The molecular formula is C18H26N2O3. The number of ether oxygens (including phenoxy) is 2. The average Bonchev–Trinajstić information content (AvgIpc) is 2.98. The van der Waals surface area contributed by atoms with Crippen LogP contribution >= 0.6 is 0 Å². The van der Waals surface area contributed by atoms with Crippen LogP contribution in [-0.2, 0) is 4.74 Å². The van der Waals surface area contributed by atoms with Gasteiger partial charge in [-0.2, -0.15) is 0 Å². The molecule has 0 saturated carbocycles. The second kappa shape index (κ2) is 6.51. The van der Waals surface area contributed by atoms with E-state index in [0.29, 0.717) is 13.2 Å². The molecule has 1 aliphatic heterocycles. The highest BCUT2D eigenvalue weighted by atomic mass is 16.5. The summed E-state index contributed by atoms with van der Waals surface area (Å²) < 4.78 is 11.6. The Labute approximate surface area is 137 Å². The molecule has 0 bridgehead atoms. The van der Waals surface area contributed by atoms with Crippen LogP contribution in [0.2, 0.25) is 0 Å². The van der Waals surface area contributed by atoms with Crippen molar-refractivity contribution in [2.45, 2.75) is 38.5 Å². The van der Waals surface area contributed by atoms with Crippen molar-refractivity contribution in [2.24, 2.45) is 0 Å². The average molecular weight is 318 g/mol. The fourth-order valence-corrected chi connectivity index (χ4v) is 3.04. The van der Waals surface area contributed by atoms with Gasteiger partial charge in [-0.25, -0.2) is 0 Å². The lowest BCUT2D eigenvalue weighted by atomic mass is 10.0. The number of fused-ring (bicyclic) bond motifs is 1. The van der Waals surface area contributed by atoms with Crippen LogP contribution in [0.3, 0.4) is 0 Å². The van der Waals surface area contributed by atoms with Crippen LogP contribution < -0.4 is 4.74 Å². The maximum atomic E-state index is 10.4. The Morgan fingerprint density at radius 2 is 2.26 bits per heavy atom. The molecule has 3 rings (SSSR count). The standard InChI is InChI=1S/C18H26N2O3/c1-13-9-20(18(2,3)12-23-13)10-14(21)11-22-17-6-4-5-16-15(17)7-8-19-16/h4-8,13-14,19,21H,9-12H2,1-3H3. The molecule has 1 aliphatic rings. The number of benzene rings is 1. The van der Waals surface area contributed by atoms with Gasteiger partial charge in [-0.1, -0.05) is 6.07 Å². The van der Waals surface area contributed by atoms with E-state index in [2.05, 4.69) is 30.7 Å². The molecule has 2 unspecified atom stereocenters. The summed E-state index contributed by atoms with van der Waals surface area (Å²) in [6.45, 7) is 8.75. The van der Waals surface area contributed by atoms with Gasteiger partial charge in [0.1, 0.15) is 18.5 Å². The number of aromatic amines is 1. The minimum Gasteiger partial charge on any atom is -0.490 e. The predicted molar refractivity (Wildman–Crippen MR) is 90.9 cm³/mol. The summed E-state index contributed by atoms with van der Waals surface area (Å²) in [5.74, 6) is 0.803. The number of aliphatic hydroxyl groups is 1. The first-order valence-electron chi connectivity index (χ1n) is 8.19. The number of nitrogens with zero attached hydrogens (tertiary/aromatic N) is 1. The highest BCUT2D eigenvalue weighted by Crippen LogP contribution is 2.25. The van der Waals surface area contributed by atoms with Gasteiger partial charge in [0.15, 0.2) is 0 Å². The number of H-pyrrole nitrogens is 1. The third-order valence-electron chi connectivity index (χ3n) is 4.47. The molecule has 2 N–H and O–H groups in total. The van der Waals surface area contributed by atoms with Gasteiger partial charge in [0.05, 0.1) is 12.7 Å². The van der Waals surface area contributed by atoms with Crippen LogP contribution in [0.25, 0.3) is 10.9 Å². The molecular weight excluding hydrogens is 292 g/mol. The van der Waals surface area contributed by atoms with E-state index >= 15 is 0 Å². The van der Waals surface area contributed by atoms with Crippen molar-refractivity contribution in [3.8, 4) is 5.75 Å². The van der Waals surface area contributed by atoms with Gasteiger partial charge in [-0.15, -0.1) is 0 Å². The molecule has 0 spiro atoms. The first-order chi connectivity index (χ1) is 11.0. The maximum absolute atomic E-state index is 10.4. The Morgan fingerprint density at radius 1 is 1.43 bits per heavy atom. The summed E-state index contributed by atoms with van der Waals surface area (Å²) in [4.78, 5) is 5.45. The summed E-state index contributed by atoms with van der Waals surface area (Å²) in [6.07, 6.45) is 1.56. The minimum atomic E-state index is -0.534. The van der Waals surface area contributed by atoms with Gasteiger partial charge in [0.25, 0.3) is 0 Å². The van der Waals surface area contributed by atoms with Gasteiger partial charge >= 0.3 is 0 Å². The summed E-state index contributed by atoms with van der Waals surface area (Å²) >= 11 is 0. The second-order valence-electron chi connectivity index (χ2n) is 7.00. The van der Waals surface area contributed by atoms with Crippen molar-refractivity contribution in [2.75, 3.05) is 26.3 Å². The van der Waals surface area contributed by atoms with E-state index in [1.54, 1.807) is 0 Å². The SMILES string of the molecule is CC1CN(CC(O)COc2cccc3[nH]ccc23)C(C)(C)CO1. The van der Waals surface area contributed by atoms with Gasteiger partial charge in [-0.3, -0.25) is 4.90 Å². The number of hydrogen-bond donors (Lipinski definition) is 2. The lowest BCUT2D eigenvalue weighted by molar-refractivity contribution is -0.104. The van der Waals surface area contributed by atoms with Crippen molar-refractivity contribution in [1.82, 2.24) is 9.88 Å². The number of β-amino-alcohol motifs (C(OH)–C–C–N with tert-alkyl or cyclic N) is 1. The molecule has 1 aromatic carbocycles. The molecule has 2 heterocycles. The van der Waals surface area contributed by atoms with E-state index in [9.17, 15) is 5.11 Å². The highest BCUT2D eigenvalue weighted by molar-refractivity contribution is 5.85. The molecule has 0 amide bonds. The Kier molecular flexibility index (Phi) is 4.62.